The average molecular weight is 312 g/mol. The monoisotopic (exact) mass is 312 g/mol. The highest BCUT2D eigenvalue weighted by molar-refractivity contribution is 5.99. The summed E-state index contributed by atoms with van der Waals surface area (Å²) in [5.41, 5.74) is 0.947. The minimum absolute atomic E-state index is 0.0653. The number of para-hydroxylation sites is 1. The van der Waals surface area contributed by atoms with E-state index in [1.807, 2.05) is 41.3 Å². The first-order valence-corrected chi connectivity index (χ1v) is 7.96. The van der Waals surface area contributed by atoms with Gasteiger partial charge in [-0.3, -0.25) is 14.5 Å². The van der Waals surface area contributed by atoms with Crippen LogP contribution < -0.4 is 4.90 Å². The largest absolute Gasteiger partial charge is 0.339 e. The third kappa shape index (κ3) is 3.20. The first-order valence-electron chi connectivity index (χ1n) is 7.96. The molecule has 6 nitrogen and oxygen atoms in total. The third-order valence-electron chi connectivity index (χ3n) is 4.58. The maximum atomic E-state index is 12.7. The van der Waals surface area contributed by atoms with Gasteiger partial charge in [0.25, 0.3) is 0 Å². The van der Waals surface area contributed by atoms with Gasteiger partial charge in [0, 0.05) is 38.4 Å². The minimum Gasteiger partial charge on any atom is -0.339 e. The Morgan fingerprint density at radius 3 is 2.48 bits per heavy atom. The van der Waals surface area contributed by atoms with Crippen LogP contribution in [0.3, 0.4) is 0 Å². The first-order chi connectivity index (χ1) is 11.2. The predicted octanol–water partition coefficient (Wildman–Crippen LogP) is 0.850. The maximum absolute atomic E-state index is 12.7. The lowest BCUT2D eigenvalue weighted by atomic mass is 10.1. The second-order valence-corrected chi connectivity index (χ2v) is 5.88. The van der Waals surface area contributed by atoms with Crippen LogP contribution in [0.2, 0.25) is 0 Å². The van der Waals surface area contributed by atoms with Crippen molar-refractivity contribution in [2.45, 2.75) is 18.9 Å². The van der Waals surface area contributed by atoms with Gasteiger partial charge in [-0.1, -0.05) is 18.2 Å². The smallest absolute Gasteiger partial charge is 0.244 e. The normalized spacial score (nSPS) is 22.2. The highest BCUT2D eigenvalue weighted by atomic mass is 16.2. The zero-order valence-electron chi connectivity index (χ0n) is 13.0. The van der Waals surface area contributed by atoms with Crippen molar-refractivity contribution in [3.05, 3.63) is 30.3 Å². The number of rotatable bonds is 3. The molecule has 0 radical (unpaired) electrons. The fraction of sp³-hybridized carbons (Fsp3) is 0.471. The Morgan fingerprint density at radius 1 is 1.13 bits per heavy atom. The number of amides is 2. The van der Waals surface area contributed by atoms with Crippen molar-refractivity contribution in [2.24, 2.45) is 0 Å². The molecule has 0 bridgehead atoms. The third-order valence-corrected chi connectivity index (χ3v) is 4.58. The Morgan fingerprint density at radius 2 is 1.83 bits per heavy atom. The Hall–Kier alpha value is -2.39. The number of hydrogen-bond donors (Lipinski definition) is 0. The van der Waals surface area contributed by atoms with Gasteiger partial charge in [-0.15, -0.1) is 0 Å². The van der Waals surface area contributed by atoms with Gasteiger partial charge in [-0.2, -0.15) is 5.26 Å². The van der Waals surface area contributed by atoms with Crippen LogP contribution in [0.5, 0.6) is 0 Å². The van der Waals surface area contributed by atoms with Gasteiger partial charge in [0.2, 0.25) is 11.8 Å². The van der Waals surface area contributed by atoms with E-state index in [-0.39, 0.29) is 24.3 Å². The molecule has 0 aromatic heterocycles. The van der Waals surface area contributed by atoms with Gasteiger partial charge in [-0.25, -0.2) is 0 Å². The molecule has 2 saturated heterocycles. The zero-order valence-corrected chi connectivity index (χ0v) is 13.0. The Balaban J connectivity index is 1.59. The van der Waals surface area contributed by atoms with E-state index >= 15 is 0 Å². The number of carbonyl (C=O) groups is 2. The van der Waals surface area contributed by atoms with E-state index < -0.39 is 0 Å². The van der Waals surface area contributed by atoms with Gasteiger partial charge in [0.1, 0.15) is 6.42 Å². The van der Waals surface area contributed by atoms with Crippen molar-refractivity contribution in [2.75, 3.05) is 37.6 Å². The lowest BCUT2D eigenvalue weighted by molar-refractivity contribution is -0.132. The summed E-state index contributed by atoms with van der Waals surface area (Å²) in [5, 5.41) is 8.61. The van der Waals surface area contributed by atoms with Crippen LogP contribution in [-0.2, 0) is 9.59 Å². The van der Waals surface area contributed by atoms with Gasteiger partial charge < -0.3 is 9.80 Å². The zero-order chi connectivity index (χ0) is 16.2. The van der Waals surface area contributed by atoms with Crippen molar-refractivity contribution >= 4 is 17.5 Å². The molecule has 1 aromatic carbocycles. The van der Waals surface area contributed by atoms with Crippen LogP contribution in [0.1, 0.15) is 12.8 Å². The molecule has 0 N–H and O–H groups in total. The molecule has 1 aromatic rings. The standard InChI is InChI=1S/C17H20N4O2/c18-8-6-16(22)20-12-10-19(11-13-20)15-7-9-21(17(15)23)14-4-2-1-3-5-14/h1-5,15H,6-7,9-13H2/t15-/m0/s1. The summed E-state index contributed by atoms with van der Waals surface area (Å²) in [7, 11) is 0. The maximum Gasteiger partial charge on any atom is 0.244 e. The highest BCUT2D eigenvalue weighted by Crippen LogP contribution is 2.24. The topological polar surface area (TPSA) is 67.7 Å². The molecule has 6 heteroatoms. The molecule has 0 saturated carbocycles. The van der Waals surface area contributed by atoms with Crippen LogP contribution in [0.15, 0.2) is 30.3 Å². The molecule has 3 rings (SSSR count). The lowest BCUT2D eigenvalue weighted by Crippen LogP contribution is -2.53. The predicted molar refractivity (Wildman–Crippen MR) is 85.6 cm³/mol. The summed E-state index contributed by atoms with van der Waals surface area (Å²) < 4.78 is 0. The van der Waals surface area contributed by atoms with E-state index in [0.29, 0.717) is 26.2 Å². The van der Waals surface area contributed by atoms with Gasteiger partial charge in [0.15, 0.2) is 0 Å². The molecule has 2 heterocycles. The second-order valence-electron chi connectivity index (χ2n) is 5.88. The number of anilines is 1. The summed E-state index contributed by atoms with van der Waals surface area (Å²) in [6, 6.07) is 11.5. The van der Waals surface area contributed by atoms with E-state index in [4.69, 9.17) is 5.26 Å². The van der Waals surface area contributed by atoms with Crippen LogP contribution in [0.25, 0.3) is 0 Å². The van der Waals surface area contributed by atoms with E-state index in [0.717, 1.165) is 18.7 Å². The summed E-state index contributed by atoms with van der Waals surface area (Å²) in [6.45, 7) is 3.30. The first kappa shape index (κ1) is 15.5. The van der Waals surface area contributed by atoms with Crippen molar-refractivity contribution in [1.82, 2.24) is 9.80 Å². The molecule has 0 aliphatic carbocycles. The quantitative estimate of drug-likeness (QED) is 0.830. The van der Waals surface area contributed by atoms with Crippen LogP contribution in [0, 0.1) is 11.3 Å². The molecule has 120 valence electrons. The molecule has 1 atom stereocenters. The van der Waals surface area contributed by atoms with Crippen molar-refractivity contribution in [3.63, 3.8) is 0 Å². The van der Waals surface area contributed by atoms with Gasteiger partial charge in [-0.05, 0) is 18.6 Å². The molecule has 2 fully saturated rings. The fourth-order valence-corrected chi connectivity index (χ4v) is 3.33. The minimum atomic E-state index is -0.115. The highest BCUT2D eigenvalue weighted by Gasteiger charge is 2.38. The van der Waals surface area contributed by atoms with Crippen molar-refractivity contribution in [1.29, 1.82) is 5.26 Å². The number of nitrogens with zero attached hydrogens (tertiary/aromatic N) is 4. The summed E-state index contributed by atoms with van der Waals surface area (Å²) in [6.07, 6.45) is 0.754. The Labute approximate surface area is 135 Å². The summed E-state index contributed by atoms with van der Waals surface area (Å²) in [5.74, 6) is 0.0313. The van der Waals surface area contributed by atoms with E-state index in [1.165, 1.54) is 0 Å². The molecular weight excluding hydrogens is 292 g/mol. The summed E-state index contributed by atoms with van der Waals surface area (Å²) >= 11 is 0. The van der Waals surface area contributed by atoms with Gasteiger partial charge >= 0.3 is 0 Å². The molecular formula is C17H20N4O2. The van der Waals surface area contributed by atoms with E-state index in [1.54, 1.807) is 4.90 Å². The molecule has 23 heavy (non-hydrogen) atoms. The number of piperazine rings is 1. The summed E-state index contributed by atoms with van der Waals surface area (Å²) in [4.78, 5) is 30.2. The van der Waals surface area contributed by atoms with Crippen molar-refractivity contribution in [3.8, 4) is 6.07 Å². The Bertz CT molecular complexity index is 617. The molecule has 2 aliphatic heterocycles. The van der Waals surface area contributed by atoms with Crippen molar-refractivity contribution < 1.29 is 9.59 Å². The number of benzene rings is 1. The van der Waals surface area contributed by atoms with Crippen LogP contribution in [-0.4, -0.2) is 60.4 Å². The molecule has 0 spiro atoms. The molecule has 2 aliphatic rings. The van der Waals surface area contributed by atoms with Gasteiger partial charge in [0.05, 0.1) is 12.1 Å². The van der Waals surface area contributed by atoms with E-state index in [2.05, 4.69) is 4.90 Å². The van der Waals surface area contributed by atoms with Crippen LogP contribution >= 0.6 is 0 Å². The SMILES string of the molecule is N#CCC(=O)N1CCN([C@H]2CCN(c3ccccc3)C2=O)CC1. The fourth-order valence-electron chi connectivity index (χ4n) is 3.33. The molecule has 0 unspecified atom stereocenters. The average Bonchev–Trinajstić information content (AvgIpc) is 2.97. The lowest BCUT2D eigenvalue weighted by Gasteiger charge is -2.37. The Kier molecular flexibility index (Phi) is 4.58. The second kappa shape index (κ2) is 6.80. The van der Waals surface area contributed by atoms with Crippen LogP contribution in [0.4, 0.5) is 5.69 Å². The number of hydrogen-bond acceptors (Lipinski definition) is 4. The molecule has 2 amide bonds. The van der Waals surface area contributed by atoms with E-state index in [9.17, 15) is 9.59 Å². The number of carbonyl (C=O) groups excluding carboxylic acids is 2. The number of nitriles is 1.